The predicted molar refractivity (Wildman–Crippen MR) is 102 cm³/mol. The number of carbonyl (C=O) groups is 2. The molecule has 0 aliphatic carbocycles. The molecular formula is C19H14Cl2N2O4. The summed E-state index contributed by atoms with van der Waals surface area (Å²) in [7, 11) is 1.45. The number of nitrogens with zero attached hydrogens (tertiary/aromatic N) is 2. The molecule has 4 rings (SSSR count). The zero-order chi connectivity index (χ0) is 19.3. The summed E-state index contributed by atoms with van der Waals surface area (Å²) >= 11 is 12.4. The van der Waals surface area contributed by atoms with Gasteiger partial charge >= 0.3 is 0 Å². The van der Waals surface area contributed by atoms with E-state index in [0.717, 1.165) is 4.90 Å². The van der Waals surface area contributed by atoms with Crippen molar-refractivity contribution in [2.45, 2.75) is 13.0 Å². The van der Waals surface area contributed by atoms with Crippen molar-refractivity contribution in [1.82, 2.24) is 0 Å². The van der Waals surface area contributed by atoms with Crippen LogP contribution < -0.4 is 9.64 Å². The molecule has 2 heterocycles. The third-order valence-corrected chi connectivity index (χ3v) is 5.40. The number of amides is 2. The van der Waals surface area contributed by atoms with Crippen molar-refractivity contribution in [3.8, 4) is 5.75 Å². The van der Waals surface area contributed by atoms with Crippen LogP contribution in [-0.4, -0.2) is 30.7 Å². The standard InChI is InChI=1S/C19H14Cl2N2O4/c1-9-7-13(14(26-2)8-12(9)21)23-18(24)15-16(22-27-17(15)19(23)25)10-5-3-4-6-11(10)20/h3-8,15,17H,1-2H3. The molecule has 0 aromatic heterocycles. The van der Waals surface area contributed by atoms with Crippen LogP contribution in [0.25, 0.3) is 0 Å². The number of benzene rings is 2. The monoisotopic (exact) mass is 404 g/mol. The zero-order valence-electron chi connectivity index (χ0n) is 14.4. The fraction of sp³-hybridized carbons (Fsp3) is 0.211. The molecule has 138 valence electrons. The number of aryl methyl sites for hydroxylation is 1. The van der Waals surface area contributed by atoms with Gasteiger partial charge in [0.15, 0.2) is 0 Å². The number of fused-ring (bicyclic) bond motifs is 1. The zero-order valence-corrected chi connectivity index (χ0v) is 15.9. The van der Waals surface area contributed by atoms with Crippen LogP contribution in [0, 0.1) is 12.8 Å². The topological polar surface area (TPSA) is 68.2 Å². The molecule has 0 N–H and O–H groups in total. The lowest BCUT2D eigenvalue weighted by Crippen LogP contribution is -2.33. The second-order valence-corrected chi connectivity index (χ2v) is 7.06. The van der Waals surface area contributed by atoms with Crippen LogP contribution >= 0.6 is 23.2 Å². The van der Waals surface area contributed by atoms with Gasteiger partial charge in [0.05, 0.1) is 12.8 Å². The average molecular weight is 405 g/mol. The van der Waals surface area contributed by atoms with E-state index < -0.39 is 23.8 Å². The Bertz CT molecular complexity index is 1010. The van der Waals surface area contributed by atoms with Gasteiger partial charge in [-0.2, -0.15) is 0 Å². The summed E-state index contributed by atoms with van der Waals surface area (Å²) in [4.78, 5) is 32.5. The second-order valence-electron chi connectivity index (χ2n) is 6.25. The molecule has 2 aliphatic heterocycles. The lowest BCUT2D eigenvalue weighted by Gasteiger charge is -2.19. The molecule has 0 radical (unpaired) electrons. The van der Waals surface area contributed by atoms with Crippen molar-refractivity contribution in [3.05, 3.63) is 57.6 Å². The van der Waals surface area contributed by atoms with E-state index in [1.165, 1.54) is 7.11 Å². The first-order valence-corrected chi connectivity index (χ1v) is 8.90. The molecule has 0 bridgehead atoms. The van der Waals surface area contributed by atoms with Crippen LogP contribution in [0.3, 0.4) is 0 Å². The van der Waals surface area contributed by atoms with Gasteiger partial charge in [0.25, 0.3) is 5.91 Å². The third kappa shape index (κ3) is 2.67. The minimum Gasteiger partial charge on any atom is -0.495 e. The molecule has 2 amide bonds. The molecule has 2 aromatic rings. The highest BCUT2D eigenvalue weighted by Gasteiger charge is 2.56. The van der Waals surface area contributed by atoms with Gasteiger partial charge in [-0.25, -0.2) is 4.90 Å². The van der Waals surface area contributed by atoms with Crippen molar-refractivity contribution < 1.29 is 19.2 Å². The normalized spacial score (nSPS) is 21.2. The van der Waals surface area contributed by atoms with E-state index in [1.54, 1.807) is 43.3 Å². The SMILES string of the molecule is COc1cc(Cl)c(C)cc1N1C(=O)C2ON=C(c3ccccc3Cl)C2C1=O. The summed E-state index contributed by atoms with van der Waals surface area (Å²) < 4.78 is 5.32. The number of ether oxygens (including phenoxy) is 1. The molecule has 27 heavy (non-hydrogen) atoms. The van der Waals surface area contributed by atoms with Crippen LogP contribution in [0.1, 0.15) is 11.1 Å². The Kier molecular flexibility index (Phi) is 4.32. The van der Waals surface area contributed by atoms with Crippen LogP contribution in [-0.2, 0) is 14.4 Å². The fourth-order valence-corrected chi connectivity index (χ4v) is 3.68. The van der Waals surface area contributed by atoms with Crippen molar-refractivity contribution in [3.63, 3.8) is 0 Å². The first-order valence-electron chi connectivity index (χ1n) is 8.14. The second kappa shape index (κ2) is 6.55. The van der Waals surface area contributed by atoms with Gasteiger partial charge in [-0.1, -0.05) is 46.6 Å². The number of oxime groups is 1. The average Bonchev–Trinajstić information content (AvgIpc) is 3.18. The summed E-state index contributed by atoms with van der Waals surface area (Å²) in [5.74, 6) is -1.49. The van der Waals surface area contributed by atoms with Gasteiger partial charge in [-0.15, -0.1) is 0 Å². The lowest BCUT2D eigenvalue weighted by molar-refractivity contribution is -0.126. The Morgan fingerprint density at radius 2 is 1.85 bits per heavy atom. The van der Waals surface area contributed by atoms with Gasteiger partial charge in [-0.05, 0) is 24.6 Å². The fourth-order valence-electron chi connectivity index (χ4n) is 3.29. The molecule has 2 unspecified atom stereocenters. The van der Waals surface area contributed by atoms with Crippen LogP contribution in [0.4, 0.5) is 5.69 Å². The van der Waals surface area contributed by atoms with Gasteiger partial charge in [0, 0.05) is 21.7 Å². The molecule has 1 fully saturated rings. The number of anilines is 1. The summed E-state index contributed by atoms with van der Waals surface area (Å²) in [5, 5.41) is 4.87. The minimum atomic E-state index is -1.02. The number of hydrogen-bond donors (Lipinski definition) is 0. The first-order chi connectivity index (χ1) is 12.9. The van der Waals surface area contributed by atoms with Crippen LogP contribution in [0.2, 0.25) is 10.0 Å². The molecule has 0 saturated carbocycles. The molecule has 8 heteroatoms. The maximum atomic E-state index is 13.2. The highest BCUT2D eigenvalue weighted by molar-refractivity contribution is 6.38. The van der Waals surface area contributed by atoms with Gasteiger partial charge in [-0.3, -0.25) is 9.59 Å². The Morgan fingerprint density at radius 3 is 2.56 bits per heavy atom. The summed E-state index contributed by atoms with van der Waals surface area (Å²) in [6, 6.07) is 10.2. The van der Waals surface area contributed by atoms with E-state index in [4.69, 9.17) is 32.8 Å². The largest absolute Gasteiger partial charge is 0.495 e. The van der Waals surface area contributed by atoms with Crippen LogP contribution in [0.5, 0.6) is 5.75 Å². The number of hydrogen-bond acceptors (Lipinski definition) is 5. The van der Waals surface area contributed by atoms with E-state index in [9.17, 15) is 9.59 Å². The lowest BCUT2D eigenvalue weighted by atomic mass is 9.94. The Hall–Kier alpha value is -2.57. The smallest absolute Gasteiger partial charge is 0.279 e. The quantitative estimate of drug-likeness (QED) is 0.732. The molecular weight excluding hydrogens is 391 g/mol. The molecule has 6 nitrogen and oxygen atoms in total. The van der Waals surface area contributed by atoms with E-state index >= 15 is 0 Å². The first kappa shape index (κ1) is 17.8. The summed E-state index contributed by atoms with van der Waals surface area (Å²) in [6.07, 6.45) is -1.02. The van der Waals surface area contributed by atoms with Gasteiger partial charge in [0.1, 0.15) is 17.4 Å². The Balaban J connectivity index is 1.77. The van der Waals surface area contributed by atoms with Gasteiger partial charge in [0.2, 0.25) is 12.0 Å². The molecule has 2 aromatic carbocycles. The highest BCUT2D eigenvalue weighted by Crippen LogP contribution is 2.41. The summed E-state index contributed by atoms with van der Waals surface area (Å²) in [5.41, 5.74) is 1.95. The van der Waals surface area contributed by atoms with E-state index in [0.29, 0.717) is 38.3 Å². The van der Waals surface area contributed by atoms with Crippen molar-refractivity contribution >= 4 is 46.4 Å². The van der Waals surface area contributed by atoms with E-state index in [2.05, 4.69) is 5.16 Å². The Labute approximate surface area is 165 Å². The number of carbonyl (C=O) groups excluding carboxylic acids is 2. The minimum absolute atomic E-state index is 0.323. The maximum absolute atomic E-state index is 13.2. The highest BCUT2D eigenvalue weighted by atomic mass is 35.5. The van der Waals surface area contributed by atoms with E-state index in [1.807, 2.05) is 0 Å². The van der Waals surface area contributed by atoms with Crippen molar-refractivity contribution in [2.75, 3.05) is 12.0 Å². The Morgan fingerprint density at radius 1 is 1.11 bits per heavy atom. The maximum Gasteiger partial charge on any atom is 0.279 e. The molecule has 1 saturated heterocycles. The molecule has 2 atom stereocenters. The molecule has 0 spiro atoms. The molecule has 2 aliphatic rings. The number of methoxy groups -OCH3 is 1. The number of halogens is 2. The summed E-state index contributed by atoms with van der Waals surface area (Å²) in [6.45, 7) is 1.78. The predicted octanol–water partition coefficient (Wildman–Crippen LogP) is 3.60. The number of imide groups is 1. The van der Waals surface area contributed by atoms with Crippen molar-refractivity contribution in [1.29, 1.82) is 0 Å². The van der Waals surface area contributed by atoms with E-state index in [-0.39, 0.29) is 0 Å². The van der Waals surface area contributed by atoms with Gasteiger partial charge < -0.3 is 9.57 Å². The van der Waals surface area contributed by atoms with Crippen LogP contribution in [0.15, 0.2) is 41.6 Å². The third-order valence-electron chi connectivity index (χ3n) is 4.66. The van der Waals surface area contributed by atoms with Crippen molar-refractivity contribution in [2.24, 2.45) is 11.1 Å². The number of rotatable bonds is 3.